The van der Waals surface area contributed by atoms with Gasteiger partial charge in [0.25, 0.3) is 0 Å². The van der Waals surface area contributed by atoms with E-state index < -0.39 is 0 Å². The number of anilines is 3. The Balaban J connectivity index is 1.91. The Kier molecular flexibility index (Phi) is 2.67. The van der Waals surface area contributed by atoms with Gasteiger partial charge in [0.2, 0.25) is 0 Å². The molecule has 0 amide bonds. The third-order valence-corrected chi connectivity index (χ3v) is 5.53. The number of nitrogens with two attached hydrogens (primary N) is 3. The van der Waals surface area contributed by atoms with E-state index in [4.69, 9.17) is 21.9 Å². The molecule has 2 unspecified atom stereocenters. The topological polar surface area (TPSA) is 87.3 Å². The molecular weight excluding hydrogens is 310 g/mol. The summed E-state index contributed by atoms with van der Waals surface area (Å²) >= 11 is 0. The van der Waals surface area contributed by atoms with Crippen LogP contribution in [0.25, 0.3) is 0 Å². The normalized spacial score (nSPS) is 19.1. The molecule has 0 spiro atoms. The zero-order valence-corrected chi connectivity index (χ0v) is 13.9. The van der Waals surface area contributed by atoms with E-state index in [1.165, 1.54) is 27.8 Å². The lowest BCUT2D eigenvalue weighted by Crippen LogP contribution is -2.28. The highest BCUT2D eigenvalue weighted by Crippen LogP contribution is 2.59. The Morgan fingerprint density at radius 2 is 1.24 bits per heavy atom. The molecule has 6 N–H and O–H groups in total. The van der Waals surface area contributed by atoms with Gasteiger partial charge >= 0.3 is 0 Å². The lowest BCUT2D eigenvalue weighted by molar-refractivity contribution is 0.408. The average molecular weight is 329 g/mol. The van der Waals surface area contributed by atoms with Crippen LogP contribution in [0.2, 0.25) is 0 Å². The highest BCUT2D eigenvalue weighted by Gasteiger charge is 2.43. The third kappa shape index (κ3) is 1.71. The molecule has 3 aliphatic carbocycles. The highest BCUT2D eigenvalue weighted by molar-refractivity contribution is 5.76. The molecule has 0 aromatic heterocycles. The molecule has 3 aromatic rings. The van der Waals surface area contributed by atoms with Gasteiger partial charge < -0.3 is 21.9 Å². The molecule has 25 heavy (non-hydrogen) atoms. The molecule has 0 saturated heterocycles. The quantitative estimate of drug-likeness (QED) is 0.411. The minimum atomic E-state index is 0.0625. The molecule has 0 radical (unpaired) electrons. The SMILES string of the molecule is COc1c(N)ccc2c1C1c3ccc(N)cc3C2c2ccc(N)cc21. The fourth-order valence-electron chi connectivity index (χ4n) is 4.60. The first-order valence-electron chi connectivity index (χ1n) is 8.35. The van der Waals surface area contributed by atoms with Gasteiger partial charge in [-0.1, -0.05) is 18.2 Å². The van der Waals surface area contributed by atoms with Crippen molar-refractivity contribution in [3.8, 4) is 5.75 Å². The lowest BCUT2D eigenvalue weighted by atomic mass is 9.60. The molecule has 4 heteroatoms. The van der Waals surface area contributed by atoms with Crippen LogP contribution in [0.15, 0.2) is 48.5 Å². The van der Waals surface area contributed by atoms with Crippen LogP contribution >= 0.6 is 0 Å². The van der Waals surface area contributed by atoms with Crippen LogP contribution in [0.3, 0.4) is 0 Å². The Bertz CT molecular complexity index is 1040. The van der Waals surface area contributed by atoms with Crippen molar-refractivity contribution in [2.75, 3.05) is 24.3 Å². The first-order chi connectivity index (χ1) is 12.1. The fourth-order valence-corrected chi connectivity index (χ4v) is 4.60. The van der Waals surface area contributed by atoms with Gasteiger partial charge in [-0.2, -0.15) is 0 Å². The zero-order chi connectivity index (χ0) is 17.3. The molecule has 0 saturated carbocycles. The van der Waals surface area contributed by atoms with Crippen molar-refractivity contribution >= 4 is 17.1 Å². The molecular formula is C21H19N3O. The molecule has 6 rings (SSSR count). The summed E-state index contributed by atoms with van der Waals surface area (Å²) in [5.74, 6) is 0.958. The maximum absolute atomic E-state index is 6.21. The summed E-state index contributed by atoms with van der Waals surface area (Å²) in [6.45, 7) is 0. The molecule has 0 heterocycles. The van der Waals surface area contributed by atoms with Crippen molar-refractivity contribution in [2.24, 2.45) is 0 Å². The van der Waals surface area contributed by atoms with Crippen LogP contribution in [-0.4, -0.2) is 7.11 Å². The number of rotatable bonds is 1. The largest absolute Gasteiger partial charge is 0.494 e. The van der Waals surface area contributed by atoms with Crippen LogP contribution < -0.4 is 21.9 Å². The van der Waals surface area contributed by atoms with E-state index in [2.05, 4.69) is 30.3 Å². The summed E-state index contributed by atoms with van der Waals surface area (Å²) in [4.78, 5) is 0. The van der Waals surface area contributed by atoms with E-state index >= 15 is 0 Å². The predicted molar refractivity (Wildman–Crippen MR) is 101 cm³/mol. The van der Waals surface area contributed by atoms with Gasteiger partial charge in [-0.15, -0.1) is 0 Å². The molecule has 124 valence electrons. The van der Waals surface area contributed by atoms with E-state index in [0.29, 0.717) is 5.69 Å². The van der Waals surface area contributed by atoms with E-state index in [1.54, 1.807) is 7.11 Å². The highest BCUT2D eigenvalue weighted by atomic mass is 16.5. The number of hydrogen-bond acceptors (Lipinski definition) is 4. The van der Waals surface area contributed by atoms with Crippen molar-refractivity contribution in [1.29, 1.82) is 0 Å². The minimum absolute atomic E-state index is 0.0625. The van der Waals surface area contributed by atoms with Crippen LogP contribution in [0, 0.1) is 0 Å². The number of ether oxygens (including phenoxy) is 1. The molecule has 3 aromatic carbocycles. The number of methoxy groups -OCH3 is 1. The van der Waals surface area contributed by atoms with Crippen molar-refractivity contribution < 1.29 is 4.74 Å². The Morgan fingerprint density at radius 1 is 0.680 bits per heavy atom. The minimum Gasteiger partial charge on any atom is -0.494 e. The Hall–Kier alpha value is -3.14. The van der Waals surface area contributed by atoms with Crippen molar-refractivity contribution in [3.63, 3.8) is 0 Å². The summed E-state index contributed by atoms with van der Waals surface area (Å²) in [6.07, 6.45) is 0. The summed E-state index contributed by atoms with van der Waals surface area (Å²) in [5, 5.41) is 0. The van der Waals surface area contributed by atoms with Gasteiger partial charge in [0, 0.05) is 28.8 Å². The van der Waals surface area contributed by atoms with Crippen LogP contribution in [0.5, 0.6) is 5.75 Å². The van der Waals surface area contributed by atoms with Crippen molar-refractivity contribution in [1.82, 2.24) is 0 Å². The van der Waals surface area contributed by atoms with Gasteiger partial charge in [-0.3, -0.25) is 0 Å². The second-order valence-electron chi connectivity index (χ2n) is 6.83. The second kappa shape index (κ2) is 4.70. The summed E-state index contributed by atoms with van der Waals surface area (Å²) in [7, 11) is 1.68. The molecule has 3 aliphatic rings. The second-order valence-corrected chi connectivity index (χ2v) is 6.83. The fraction of sp³-hybridized carbons (Fsp3) is 0.143. The van der Waals surface area contributed by atoms with Gasteiger partial charge in [0.1, 0.15) is 5.75 Å². The summed E-state index contributed by atoms with van der Waals surface area (Å²) in [6, 6.07) is 16.4. The molecule has 4 nitrogen and oxygen atoms in total. The standard InChI is InChI=1S/C21H19N3O/c1-25-21-17(24)7-6-14-18-12-4-2-11(23)9-16(12)19(20(14)21)13-5-3-10(22)8-15(13)18/h2-9,18-19H,22-24H2,1H3. The van der Waals surface area contributed by atoms with E-state index in [0.717, 1.165) is 22.7 Å². The van der Waals surface area contributed by atoms with Crippen molar-refractivity contribution in [3.05, 3.63) is 81.9 Å². The maximum Gasteiger partial charge on any atom is 0.146 e. The third-order valence-electron chi connectivity index (χ3n) is 5.53. The Morgan fingerprint density at radius 3 is 1.88 bits per heavy atom. The smallest absolute Gasteiger partial charge is 0.146 e. The molecule has 2 bridgehead atoms. The molecule has 2 atom stereocenters. The monoisotopic (exact) mass is 329 g/mol. The van der Waals surface area contributed by atoms with Gasteiger partial charge in [-0.05, 0) is 58.1 Å². The zero-order valence-electron chi connectivity index (χ0n) is 13.9. The number of benzene rings is 3. The summed E-state index contributed by atoms with van der Waals surface area (Å²) in [5.41, 5.74) is 28.1. The molecule has 0 fully saturated rings. The van der Waals surface area contributed by atoms with E-state index in [9.17, 15) is 0 Å². The Labute approximate surface area is 146 Å². The maximum atomic E-state index is 6.21. The first kappa shape index (κ1) is 14.2. The van der Waals surface area contributed by atoms with Crippen LogP contribution in [0.1, 0.15) is 45.2 Å². The molecule has 0 aliphatic heterocycles. The number of nitrogen functional groups attached to an aromatic ring is 3. The van der Waals surface area contributed by atoms with Crippen LogP contribution in [-0.2, 0) is 0 Å². The predicted octanol–water partition coefficient (Wildman–Crippen LogP) is 3.43. The van der Waals surface area contributed by atoms with Gasteiger partial charge in [0.05, 0.1) is 12.8 Å². The van der Waals surface area contributed by atoms with E-state index in [1.807, 2.05) is 18.2 Å². The first-order valence-corrected chi connectivity index (χ1v) is 8.35. The van der Waals surface area contributed by atoms with Crippen LogP contribution in [0.4, 0.5) is 17.1 Å². The summed E-state index contributed by atoms with van der Waals surface area (Å²) < 4.78 is 5.70. The van der Waals surface area contributed by atoms with Crippen molar-refractivity contribution in [2.45, 2.75) is 11.8 Å². The average Bonchev–Trinajstić information content (AvgIpc) is 2.60. The van der Waals surface area contributed by atoms with Gasteiger partial charge in [-0.25, -0.2) is 0 Å². The lowest BCUT2D eigenvalue weighted by Gasteiger charge is -2.43. The van der Waals surface area contributed by atoms with E-state index in [-0.39, 0.29) is 11.8 Å². The number of hydrogen-bond donors (Lipinski definition) is 3. The van der Waals surface area contributed by atoms with Gasteiger partial charge in [0.15, 0.2) is 0 Å².